The highest BCUT2D eigenvalue weighted by Gasteiger charge is 2.11. The van der Waals surface area contributed by atoms with E-state index in [4.69, 9.17) is 21.1 Å². The fourth-order valence-corrected chi connectivity index (χ4v) is 2.25. The molecule has 0 aliphatic heterocycles. The number of hydrogen-bond acceptors (Lipinski definition) is 2. The lowest BCUT2D eigenvalue weighted by molar-refractivity contribution is 0.319. The second kappa shape index (κ2) is 6.67. The van der Waals surface area contributed by atoms with E-state index >= 15 is 0 Å². The number of ether oxygens (including phenoxy) is 2. The summed E-state index contributed by atoms with van der Waals surface area (Å²) in [5.41, 5.74) is 1.10. The van der Waals surface area contributed by atoms with Crippen LogP contribution < -0.4 is 9.47 Å². The molecular formula is C16H19ClO2. The molecule has 0 bridgehead atoms. The number of benzene rings is 2. The first-order valence-electron chi connectivity index (χ1n) is 6.61. The molecule has 2 aromatic carbocycles. The van der Waals surface area contributed by atoms with Gasteiger partial charge in [0.2, 0.25) is 0 Å². The molecule has 0 aliphatic rings. The fourth-order valence-electron chi connectivity index (χ4n) is 2.14. The molecule has 0 aromatic heterocycles. The average Bonchev–Trinajstić information content (AvgIpc) is 2.43. The summed E-state index contributed by atoms with van der Waals surface area (Å²) < 4.78 is 11.6. The van der Waals surface area contributed by atoms with Crippen molar-refractivity contribution in [3.05, 3.63) is 35.9 Å². The number of hydrogen-bond donors (Lipinski definition) is 0. The molecule has 0 N–H and O–H groups in total. The summed E-state index contributed by atoms with van der Waals surface area (Å²) in [6.45, 7) is 5.35. The number of fused-ring (bicyclic) bond motifs is 1. The Bertz CT molecular complexity index is 552. The zero-order chi connectivity index (χ0) is 13.7. The van der Waals surface area contributed by atoms with Gasteiger partial charge in [-0.15, -0.1) is 11.6 Å². The zero-order valence-electron chi connectivity index (χ0n) is 11.4. The Balaban J connectivity index is 2.45. The Labute approximate surface area is 119 Å². The second-order valence-electron chi connectivity index (χ2n) is 4.39. The van der Waals surface area contributed by atoms with E-state index in [1.54, 1.807) is 0 Å². The van der Waals surface area contributed by atoms with Gasteiger partial charge in [0, 0.05) is 16.7 Å². The number of alkyl halides is 1. The smallest absolute Gasteiger partial charge is 0.130 e. The molecule has 0 unspecified atom stereocenters. The summed E-state index contributed by atoms with van der Waals surface area (Å²) in [4.78, 5) is 0. The molecule has 2 nitrogen and oxygen atoms in total. The van der Waals surface area contributed by atoms with Crippen LogP contribution in [0.15, 0.2) is 30.3 Å². The minimum Gasteiger partial charge on any atom is -0.493 e. The van der Waals surface area contributed by atoms with Crippen molar-refractivity contribution in [2.24, 2.45) is 0 Å². The SMILES string of the molecule is CCOc1c(C)cc(OCCCCl)c2ccccc12. The van der Waals surface area contributed by atoms with Crippen molar-refractivity contribution < 1.29 is 9.47 Å². The predicted octanol–water partition coefficient (Wildman–Crippen LogP) is 4.55. The Hall–Kier alpha value is -1.41. The van der Waals surface area contributed by atoms with Crippen molar-refractivity contribution in [2.75, 3.05) is 19.1 Å². The molecule has 102 valence electrons. The molecule has 0 amide bonds. The van der Waals surface area contributed by atoms with Gasteiger partial charge in [0.25, 0.3) is 0 Å². The summed E-state index contributed by atoms with van der Waals surface area (Å²) in [7, 11) is 0. The van der Waals surface area contributed by atoms with Crippen molar-refractivity contribution in [3.63, 3.8) is 0 Å². The summed E-state index contributed by atoms with van der Waals surface area (Å²) in [6, 6.07) is 10.2. The standard InChI is InChI=1S/C16H19ClO2/c1-3-18-16-12(2)11-15(19-10-6-9-17)13-7-4-5-8-14(13)16/h4-5,7-8,11H,3,6,9-10H2,1-2H3. The van der Waals surface area contributed by atoms with E-state index in [0.29, 0.717) is 19.1 Å². The average molecular weight is 279 g/mol. The molecule has 0 heterocycles. The molecule has 0 aliphatic carbocycles. The topological polar surface area (TPSA) is 18.5 Å². The van der Waals surface area contributed by atoms with Crippen molar-refractivity contribution in [1.29, 1.82) is 0 Å². The van der Waals surface area contributed by atoms with Crippen LogP contribution in [0.5, 0.6) is 11.5 Å². The quantitative estimate of drug-likeness (QED) is 0.570. The van der Waals surface area contributed by atoms with Crippen LogP contribution in [0.3, 0.4) is 0 Å². The third-order valence-corrected chi connectivity index (χ3v) is 3.23. The third kappa shape index (κ3) is 3.13. The molecule has 2 rings (SSSR count). The normalized spacial score (nSPS) is 10.7. The van der Waals surface area contributed by atoms with Gasteiger partial charge >= 0.3 is 0 Å². The van der Waals surface area contributed by atoms with E-state index in [9.17, 15) is 0 Å². The summed E-state index contributed by atoms with van der Waals surface area (Å²) in [5.74, 6) is 2.47. The van der Waals surface area contributed by atoms with Crippen LogP contribution in [0.25, 0.3) is 10.8 Å². The molecule has 0 saturated carbocycles. The van der Waals surface area contributed by atoms with Gasteiger partial charge in [0.15, 0.2) is 0 Å². The molecule has 19 heavy (non-hydrogen) atoms. The summed E-state index contributed by atoms with van der Waals surface area (Å²) >= 11 is 5.68. The molecular weight excluding hydrogens is 260 g/mol. The monoisotopic (exact) mass is 278 g/mol. The maximum atomic E-state index is 5.83. The Kier molecular flexibility index (Phi) is 4.92. The van der Waals surface area contributed by atoms with E-state index in [-0.39, 0.29) is 0 Å². The van der Waals surface area contributed by atoms with Gasteiger partial charge in [-0.3, -0.25) is 0 Å². The first-order valence-corrected chi connectivity index (χ1v) is 7.15. The van der Waals surface area contributed by atoms with Crippen LogP contribution in [0.1, 0.15) is 18.9 Å². The van der Waals surface area contributed by atoms with Gasteiger partial charge in [-0.25, -0.2) is 0 Å². The maximum absolute atomic E-state index is 5.83. The predicted molar refractivity (Wildman–Crippen MR) is 80.7 cm³/mol. The number of rotatable bonds is 6. The Morgan fingerprint density at radius 2 is 1.84 bits per heavy atom. The van der Waals surface area contributed by atoms with Gasteiger partial charge in [-0.2, -0.15) is 0 Å². The van der Waals surface area contributed by atoms with Crippen LogP contribution in [0.4, 0.5) is 0 Å². The van der Waals surface area contributed by atoms with Gasteiger partial charge in [-0.05, 0) is 31.9 Å². The zero-order valence-corrected chi connectivity index (χ0v) is 12.2. The van der Waals surface area contributed by atoms with E-state index in [1.807, 2.05) is 32.0 Å². The molecule has 0 radical (unpaired) electrons. The molecule has 0 spiro atoms. The molecule has 0 fully saturated rings. The highest BCUT2D eigenvalue weighted by atomic mass is 35.5. The van der Waals surface area contributed by atoms with Crippen LogP contribution in [-0.4, -0.2) is 19.1 Å². The fraction of sp³-hybridized carbons (Fsp3) is 0.375. The first-order chi connectivity index (χ1) is 9.27. The van der Waals surface area contributed by atoms with Crippen molar-refractivity contribution in [1.82, 2.24) is 0 Å². The Morgan fingerprint density at radius 1 is 1.11 bits per heavy atom. The molecule has 3 heteroatoms. The number of aryl methyl sites for hydroxylation is 1. The van der Waals surface area contributed by atoms with E-state index < -0.39 is 0 Å². The highest BCUT2D eigenvalue weighted by molar-refractivity contribution is 6.17. The second-order valence-corrected chi connectivity index (χ2v) is 4.77. The lowest BCUT2D eigenvalue weighted by Gasteiger charge is -2.15. The summed E-state index contributed by atoms with van der Waals surface area (Å²) in [6.07, 6.45) is 0.849. The molecule has 0 atom stereocenters. The van der Waals surface area contributed by atoms with Gasteiger partial charge in [0.05, 0.1) is 13.2 Å². The molecule has 2 aromatic rings. The highest BCUT2D eigenvalue weighted by Crippen LogP contribution is 2.36. The van der Waals surface area contributed by atoms with E-state index in [0.717, 1.165) is 34.3 Å². The first kappa shape index (κ1) is 14.0. The van der Waals surface area contributed by atoms with Gasteiger partial charge in [-0.1, -0.05) is 24.3 Å². The van der Waals surface area contributed by atoms with Crippen LogP contribution >= 0.6 is 11.6 Å². The maximum Gasteiger partial charge on any atom is 0.130 e. The minimum absolute atomic E-state index is 0.619. The van der Waals surface area contributed by atoms with Crippen molar-refractivity contribution >= 4 is 22.4 Å². The van der Waals surface area contributed by atoms with Crippen LogP contribution in [0.2, 0.25) is 0 Å². The lowest BCUT2D eigenvalue weighted by atomic mass is 10.0. The minimum atomic E-state index is 0.619. The van der Waals surface area contributed by atoms with Crippen LogP contribution in [0, 0.1) is 6.92 Å². The third-order valence-electron chi connectivity index (χ3n) is 2.97. The largest absolute Gasteiger partial charge is 0.493 e. The van der Waals surface area contributed by atoms with E-state index in [2.05, 4.69) is 12.1 Å². The van der Waals surface area contributed by atoms with Crippen molar-refractivity contribution in [3.8, 4) is 11.5 Å². The van der Waals surface area contributed by atoms with Gasteiger partial charge < -0.3 is 9.47 Å². The Morgan fingerprint density at radius 3 is 2.53 bits per heavy atom. The van der Waals surface area contributed by atoms with Crippen molar-refractivity contribution in [2.45, 2.75) is 20.3 Å². The van der Waals surface area contributed by atoms with Gasteiger partial charge in [0.1, 0.15) is 11.5 Å². The molecule has 0 saturated heterocycles. The van der Waals surface area contributed by atoms with Crippen LogP contribution in [-0.2, 0) is 0 Å². The number of halogens is 1. The lowest BCUT2D eigenvalue weighted by Crippen LogP contribution is -2.01. The van der Waals surface area contributed by atoms with E-state index in [1.165, 1.54) is 0 Å². The summed E-state index contributed by atoms with van der Waals surface area (Å²) in [5, 5.41) is 2.19.